The summed E-state index contributed by atoms with van der Waals surface area (Å²) in [6.07, 6.45) is 88.9. The summed E-state index contributed by atoms with van der Waals surface area (Å²) in [6.45, 7) is 6.72. The minimum absolute atomic E-state index is 0.0680. The number of carbonyl (C=O) groups excluding carboxylic acids is 3. The Morgan fingerprint density at radius 2 is 0.439 bits per heavy atom. The van der Waals surface area contributed by atoms with E-state index in [0.717, 1.165) is 77.0 Å². The van der Waals surface area contributed by atoms with Crippen molar-refractivity contribution in [2.24, 2.45) is 0 Å². The van der Waals surface area contributed by atoms with Crippen LogP contribution in [0.3, 0.4) is 0 Å². The monoisotopic (exact) mass is 1150 g/mol. The van der Waals surface area contributed by atoms with Crippen LogP contribution >= 0.6 is 0 Å². The van der Waals surface area contributed by atoms with Gasteiger partial charge < -0.3 is 14.2 Å². The molecule has 0 rings (SSSR count). The maximum absolute atomic E-state index is 13.0. The zero-order valence-corrected chi connectivity index (χ0v) is 55.5. The van der Waals surface area contributed by atoms with Gasteiger partial charge in [-0.05, 0) is 57.8 Å². The van der Waals surface area contributed by atoms with E-state index in [1.54, 1.807) is 0 Å². The van der Waals surface area contributed by atoms with Crippen LogP contribution < -0.4 is 0 Å². The first kappa shape index (κ1) is 79.6. The summed E-state index contributed by atoms with van der Waals surface area (Å²) >= 11 is 0. The third-order valence-electron chi connectivity index (χ3n) is 16.9. The van der Waals surface area contributed by atoms with E-state index < -0.39 is 6.10 Å². The van der Waals surface area contributed by atoms with Crippen LogP contribution in [0.15, 0.2) is 36.5 Å². The average molecular weight is 1150 g/mol. The van der Waals surface area contributed by atoms with E-state index in [-0.39, 0.29) is 31.1 Å². The summed E-state index contributed by atoms with van der Waals surface area (Å²) < 4.78 is 17.0. The van der Waals surface area contributed by atoms with Gasteiger partial charge in [-0.25, -0.2) is 0 Å². The topological polar surface area (TPSA) is 78.9 Å². The smallest absolute Gasteiger partial charge is 0.306 e. The Bertz CT molecular complexity index is 1370. The molecule has 1 atom stereocenters. The van der Waals surface area contributed by atoms with Gasteiger partial charge in [0.25, 0.3) is 0 Å². The number of allylic oxidation sites excluding steroid dienone is 6. The van der Waals surface area contributed by atoms with Gasteiger partial charge in [-0.2, -0.15) is 0 Å². The first-order chi connectivity index (χ1) is 40.5. The molecule has 0 saturated carbocycles. The first-order valence-electron chi connectivity index (χ1n) is 37.0. The summed E-state index contributed by atoms with van der Waals surface area (Å²) in [5.74, 6) is -0.840. The zero-order valence-electron chi connectivity index (χ0n) is 55.5. The lowest BCUT2D eigenvalue weighted by Crippen LogP contribution is -2.30. The van der Waals surface area contributed by atoms with E-state index >= 15 is 0 Å². The molecule has 0 aromatic carbocycles. The van der Waals surface area contributed by atoms with Crippen LogP contribution in [0.5, 0.6) is 0 Å². The average Bonchev–Trinajstić information content (AvgIpc) is 3.47. The Morgan fingerprint density at radius 3 is 0.683 bits per heavy atom. The largest absolute Gasteiger partial charge is 0.462 e. The molecule has 482 valence electrons. The van der Waals surface area contributed by atoms with Crippen molar-refractivity contribution in [1.29, 1.82) is 0 Å². The third-order valence-corrected chi connectivity index (χ3v) is 16.9. The Labute approximate surface area is 512 Å². The number of rotatable bonds is 69. The third kappa shape index (κ3) is 68.4. The molecule has 6 heteroatoms. The number of carbonyl (C=O) groups is 3. The Kier molecular flexibility index (Phi) is 69.1. The molecule has 0 bridgehead atoms. The van der Waals surface area contributed by atoms with Crippen LogP contribution in [0.1, 0.15) is 412 Å². The lowest BCUT2D eigenvalue weighted by molar-refractivity contribution is -0.167. The van der Waals surface area contributed by atoms with Gasteiger partial charge in [0.2, 0.25) is 0 Å². The second kappa shape index (κ2) is 71.1. The number of hydrogen-bond donors (Lipinski definition) is 0. The van der Waals surface area contributed by atoms with Crippen molar-refractivity contribution in [1.82, 2.24) is 0 Å². The summed E-state index contributed by atoms with van der Waals surface area (Å²) in [7, 11) is 0. The van der Waals surface area contributed by atoms with Crippen LogP contribution in [-0.2, 0) is 28.6 Å². The van der Waals surface area contributed by atoms with Crippen molar-refractivity contribution in [2.45, 2.75) is 419 Å². The van der Waals surface area contributed by atoms with Crippen molar-refractivity contribution >= 4 is 17.9 Å². The molecule has 0 heterocycles. The van der Waals surface area contributed by atoms with E-state index in [1.165, 1.54) is 295 Å². The number of unbranched alkanes of at least 4 members (excludes halogenated alkanes) is 52. The summed E-state index contributed by atoms with van der Waals surface area (Å²) in [6, 6.07) is 0. The second-order valence-corrected chi connectivity index (χ2v) is 25.2. The van der Waals surface area contributed by atoms with E-state index in [1.807, 2.05) is 0 Å². The van der Waals surface area contributed by atoms with Crippen LogP contribution in [0, 0.1) is 0 Å². The number of esters is 3. The zero-order chi connectivity index (χ0) is 59.2. The van der Waals surface area contributed by atoms with E-state index in [2.05, 4.69) is 57.2 Å². The fraction of sp³-hybridized carbons (Fsp3) is 0.882. The normalized spacial score (nSPS) is 12.2. The quantitative estimate of drug-likeness (QED) is 0.0261. The number of hydrogen-bond acceptors (Lipinski definition) is 6. The van der Waals surface area contributed by atoms with Crippen molar-refractivity contribution in [3.8, 4) is 0 Å². The van der Waals surface area contributed by atoms with E-state index in [9.17, 15) is 14.4 Å². The van der Waals surface area contributed by atoms with Gasteiger partial charge in [-0.15, -0.1) is 0 Å². The highest BCUT2D eigenvalue weighted by Gasteiger charge is 2.20. The van der Waals surface area contributed by atoms with Gasteiger partial charge in [-0.3, -0.25) is 14.4 Å². The van der Waals surface area contributed by atoms with Crippen LogP contribution in [0.2, 0.25) is 0 Å². The molecule has 0 saturated heterocycles. The van der Waals surface area contributed by atoms with Crippen molar-refractivity contribution < 1.29 is 28.6 Å². The lowest BCUT2D eigenvalue weighted by atomic mass is 10.0. The van der Waals surface area contributed by atoms with Gasteiger partial charge in [0.05, 0.1) is 0 Å². The standard InChI is InChI=1S/C76H142O6/c1-4-7-10-13-16-19-22-25-28-31-34-37-38-40-42-45-48-51-54-57-60-63-66-69-75(78)81-72-73(71-80-74(77)68-65-62-59-56-53-50-47-44-41-36-33-30-27-24-21-18-15-12-9-6-3)82-76(79)70-67-64-61-58-55-52-49-46-43-39-35-32-29-26-23-20-17-14-11-8-5-2/h22,25,31,34,38,40,73H,4-21,23-24,26-30,32-33,35-37,39,41-72H2,1-3H3/b25-22-,34-31-,40-38-. The molecule has 0 aromatic rings. The molecule has 6 nitrogen and oxygen atoms in total. The lowest BCUT2D eigenvalue weighted by Gasteiger charge is -2.18. The maximum Gasteiger partial charge on any atom is 0.306 e. The summed E-state index contributed by atoms with van der Waals surface area (Å²) in [4.78, 5) is 38.5. The van der Waals surface area contributed by atoms with Crippen LogP contribution in [0.25, 0.3) is 0 Å². The fourth-order valence-corrected chi connectivity index (χ4v) is 11.3. The highest BCUT2D eigenvalue weighted by Crippen LogP contribution is 2.19. The van der Waals surface area contributed by atoms with Gasteiger partial charge in [0, 0.05) is 19.3 Å². The van der Waals surface area contributed by atoms with Gasteiger partial charge in [0.1, 0.15) is 13.2 Å². The number of ether oxygens (including phenoxy) is 3. The van der Waals surface area contributed by atoms with Gasteiger partial charge in [-0.1, -0.05) is 372 Å². The highest BCUT2D eigenvalue weighted by molar-refractivity contribution is 5.71. The Morgan fingerprint density at radius 1 is 0.244 bits per heavy atom. The molecular formula is C76H142O6. The summed E-state index contributed by atoms with van der Waals surface area (Å²) in [5.41, 5.74) is 0. The predicted octanol–water partition coefficient (Wildman–Crippen LogP) is 25.5. The minimum atomic E-state index is -0.774. The molecule has 0 aliphatic heterocycles. The van der Waals surface area contributed by atoms with Crippen molar-refractivity contribution in [3.05, 3.63) is 36.5 Å². The Balaban J connectivity index is 4.32. The predicted molar refractivity (Wildman–Crippen MR) is 358 cm³/mol. The SMILES string of the molecule is CCCCCCC/C=C\C/C=C\C/C=C\CCCCCCCCCCC(=O)OCC(COC(=O)CCCCCCCCCCCCCCCCCCCCCC)OC(=O)CCCCCCCCCCCCCCCCCCCCCCC. The van der Waals surface area contributed by atoms with E-state index in [0.29, 0.717) is 19.3 Å². The van der Waals surface area contributed by atoms with E-state index in [4.69, 9.17) is 14.2 Å². The molecule has 0 aliphatic rings. The van der Waals surface area contributed by atoms with Crippen molar-refractivity contribution in [3.63, 3.8) is 0 Å². The van der Waals surface area contributed by atoms with Crippen LogP contribution in [0.4, 0.5) is 0 Å². The minimum Gasteiger partial charge on any atom is -0.462 e. The molecule has 0 N–H and O–H groups in total. The first-order valence-corrected chi connectivity index (χ1v) is 37.0. The Hall–Kier alpha value is -2.37. The molecule has 0 spiro atoms. The molecule has 0 fully saturated rings. The molecule has 0 amide bonds. The second-order valence-electron chi connectivity index (χ2n) is 25.2. The van der Waals surface area contributed by atoms with Gasteiger partial charge in [0.15, 0.2) is 6.10 Å². The highest BCUT2D eigenvalue weighted by atomic mass is 16.6. The van der Waals surface area contributed by atoms with Gasteiger partial charge >= 0.3 is 17.9 Å². The fourth-order valence-electron chi connectivity index (χ4n) is 11.3. The molecule has 0 aliphatic carbocycles. The van der Waals surface area contributed by atoms with Crippen molar-refractivity contribution in [2.75, 3.05) is 13.2 Å². The van der Waals surface area contributed by atoms with Crippen LogP contribution in [-0.4, -0.2) is 37.2 Å². The molecule has 0 aromatic heterocycles. The molecule has 0 radical (unpaired) electrons. The molecular weight excluding hydrogens is 1010 g/mol. The maximum atomic E-state index is 13.0. The molecule has 1 unspecified atom stereocenters. The summed E-state index contributed by atoms with van der Waals surface area (Å²) in [5, 5.41) is 0. The molecule has 82 heavy (non-hydrogen) atoms.